The number of fused-ring (bicyclic) bond motifs is 1. The lowest BCUT2D eigenvalue weighted by atomic mass is 10.0. The molecule has 1 aromatic heterocycles. The van der Waals surface area contributed by atoms with Gasteiger partial charge in [-0.15, -0.1) is 0 Å². The fourth-order valence-electron chi connectivity index (χ4n) is 2.26. The number of hydrogen-bond acceptors (Lipinski definition) is 3. The van der Waals surface area contributed by atoms with Crippen LogP contribution < -0.4 is 5.73 Å². The van der Waals surface area contributed by atoms with E-state index in [2.05, 4.69) is 4.98 Å². The predicted octanol–water partition coefficient (Wildman–Crippen LogP) is 2.54. The number of ketones is 1. The van der Waals surface area contributed by atoms with Gasteiger partial charge in [-0.3, -0.25) is 9.78 Å². The van der Waals surface area contributed by atoms with Gasteiger partial charge in [0, 0.05) is 29.6 Å². The number of aromatic nitrogens is 1. The molecule has 92 valence electrons. The minimum atomic E-state index is 0.0249. The highest BCUT2D eigenvalue weighted by Crippen LogP contribution is 2.33. The normalized spacial score (nSPS) is 16.7. The Kier molecular flexibility index (Phi) is 2.84. The van der Waals surface area contributed by atoms with E-state index in [0.29, 0.717) is 12.3 Å². The van der Waals surface area contributed by atoms with Crippen molar-refractivity contribution in [1.82, 2.24) is 4.98 Å². The number of benzene rings is 1. The third-order valence-electron chi connectivity index (χ3n) is 3.58. The lowest BCUT2D eigenvalue weighted by molar-refractivity contribution is 0.0971. The molecule has 0 amide bonds. The van der Waals surface area contributed by atoms with Gasteiger partial charge in [0.05, 0.1) is 5.52 Å². The third-order valence-corrected chi connectivity index (χ3v) is 3.58. The van der Waals surface area contributed by atoms with Crippen molar-refractivity contribution in [2.24, 2.45) is 11.7 Å². The van der Waals surface area contributed by atoms with Gasteiger partial charge >= 0.3 is 0 Å². The van der Waals surface area contributed by atoms with Crippen molar-refractivity contribution in [3.63, 3.8) is 0 Å². The largest absolute Gasteiger partial charge is 0.327 e. The molecular weight excluding hydrogens is 224 g/mol. The summed E-state index contributed by atoms with van der Waals surface area (Å²) in [5.74, 6) is 0.689. The van der Waals surface area contributed by atoms with E-state index in [-0.39, 0.29) is 11.8 Å². The molecule has 18 heavy (non-hydrogen) atoms. The lowest BCUT2D eigenvalue weighted by Gasteiger charge is -2.09. The molecule has 1 aliphatic carbocycles. The molecule has 3 nitrogen and oxygen atoms in total. The van der Waals surface area contributed by atoms with Gasteiger partial charge in [0.2, 0.25) is 0 Å². The lowest BCUT2D eigenvalue weighted by Crippen LogP contribution is -2.25. The summed E-state index contributed by atoms with van der Waals surface area (Å²) in [4.78, 5) is 16.4. The van der Waals surface area contributed by atoms with Gasteiger partial charge < -0.3 is 5.73 Å². The first-order chi connectivity index (χ1) is 8.74. The maximum atomic E-state index is 12.1. The van der Waals surface area contributed by atoms with Crippen molar-refractivity contribution < 1.29 is 4.79 Å². The quantitative estimate of drug-likeness (QED) is 0.835. The molecule has 3 heteroatoms. The summed E-state index contributed by atoms with van der Waals surface area (Å²) in [6, 6.07) is 9.58. The van der Waals surface area contributed by atoms with E-state index in [1.54, 1.807) is 6.20 Å². The minimum Gasteiger partial charge on any atom is -0.327 e. The number of carbonyl (C=O) groups excluding carboxylic acids is 1. The molecule has 1 aromatic carbocycles. The average Bonchev–Trinajstić information content (AvgIpc) is 3.22. The van der Waals surface area contributed by atoms with Gasteiger partial charge in [0.15, 0.2) is 5.78 Å². The molecule has 2 aromatic rings. The van der Waals surface area contributed by atoms with Crippen LogP contribution in [0, 0.1) is 5.92 Å². The summed E-state index contributed by atoms with van der Waals surface area (Å²) in [6.07, 6.45) is 4.54. The number of pyridine rings is 1. The Morgan fingerprint density at radius 3 is 3.00 bits per heavy atom. The fourth-order valence-corrected chi connectivity index (χ4v) is 2.26. The molecule has 1 saturated carbocycles. The highest BCUT2D eigenvalue weighted by molar-refractivity contribution is 5.99. The summed E-state index contributed by atoms with van der Waals surface area (Å²) >= 11 is 0. The summed E-state index contributed by atoms with van der Waals surface area (Å²) in [6.45, 7) is 0. The number of hydrogen-bond donors (Lipinski definition) is 1. The maximum Gasteiger partial charge on any atom is 0.164 e. The topological polar surface area (TPSA) is 56.0 Å². The molecule has 1 fully saturated rings. The van der Waals surface area contributed by atoms with E-state index in [4.69, 9.17) is 5.73 Å². The summed E-state index contributed by atoms with van der Waals surface area (Å²) in [5, 5.41) is 1.06. The van der Waals surface area contributed by atoms with Crippen LogP contribution in [0.25, 0.3) is 10.9 Å². The van der Waals surface area contributed by atoms with Gasteiger partial charge in [0.25, 0.3) is 0 Å². The molecule has 0 radical (unpaired) electrons. The second-order valence-electron chi connectivity index (χ2n) is 5.04. The van der Waals surface area contributed by atoms with Crippen LogP contribution in [0.5, 0.6) is 0 Å². The average molecular weight is 240 g/mol. The smallest absolute Gasteiger partial charge is 0.164 e. The number of rotatable bonds is 4. The van der Waals surface area contributed by atoms with E-state index in [0.717, 1.165) is 16.5 Å². The molecule has 1 heterocycles. The molecule has 0 bridgehead atoms. The first kappa shape index (κ1) is 11.4. The number of nitrogens with two attached hydrogens (primary N) is 1. The van der Waals surface area contributed by atoms with E-state index in [1.807, 2.05) is 30.3 Å². The second-order valence-corrected chi connectivity index (χ2v) is 5.04. The molecule has 2 N–H and O–H groups in total. The van der Waals surface area contributed by atoms with Gasteiger partial charge in [-0.1, -0.05) is 18.2 Å². The first-order valence-electron chi connectivity index (χ1n) is 6.37. The number of nitrogens with zero attached hydrogens (tertiary/aromatic N) is 1. The zero-order valence-electron chi connectivity index (χ0n) is 10.2. The van der Waals surface area contributed by atoms with Gasteiger partial charge in [-0.2, -0.15) is 0 Å². The van der Waals surface area contributed by atoms with Crippen LogP contribution in [0.1, 0.15) is 29.6 Å². The van der Waals surface area contributed by atoms with Gasteiger partial charge in [0.1, 0.15) is 0 Å². The second kappa shape index (κ2) is 4.50. The molecule has 1 atom stereocenters. The van der Waals surface area contributed by atoms with E-state index >= 15 is 0 Å². The molecule has 0 spiro atoms. The zero-order valence-corrected chi connectivity index (χ0v) is 10.2. The Bertz CT molecular complexity index is 590. The number of Topliss-reactive ketones (excluding diaryl/α,β-unsaturated/α-hetero) is 1. The van der Waals surface area contributed by atoms with E-state index in [1.165, 1.54) is 12.8 Å². The van der Waals surface area contributed by atoms with Crippen molar-refractivity contribution >= 4 is 16.7 Å². The van der Waals surface area contributed by atoms with Crippen molar-refractivity contribution in [2.45, 2.75) is 25.3 Å². The molecule has 0 saturated heterocycles. The van der Waals surface area contributed by atoms with Crippen LogP contribution in [0.3, 0.4) is 0 Å². The molecule has 0 aliphatic heterocycles. The first-order valence-corrected chi connectivity index (χ1v) is 6.37. The Balaban J connectivity index is 1.82. The third kappa shape index (κ3) is 2.27. The standard InChI is InChI=1S/C15H16N2O/c16-13(10-3-4-10)9-15(18)12-6-5-11-2-1-7-17-14(11)8-12/h1-2,5-8,10,13H,3-4,9,16H2. The van der Waals surface area contributed by atoms with Gasteiger partial charge in [-0.05, 0) is 30.9 Å². The molecule has 1 unspecified atom stereocenters. The van der Waals surface area contributed by atoms with Crippen molar-refractivity contribution in [2.75, 3.05) is 0 Å². The van der Waals surface area contributed by atoms with Crippen LogP contribution in [0.2, 0.25) is 0 Å². The van der Waals surface area contributed by atoms with Gasteiger partial charge in [-0.25, -0.2) is 0 Å². The molecular formula is C15H16N2O. The SMILES string of the molecule is NC(CC(=O)c1ccc2cccnc2c1)C1CC1. The Labute approximate surface area is 106 Å². The summed E-state index contributed by atoms with van der Waals surface area (Å²) < 4.78 is 0. The van der Waals surface area contributed by atoms with Crippen LogP contribution in [-0.4, -0.2) is 16.8 Å². The van der Waals surface area contributed by atoms with E-state index < -0.39 is 0 Å². The Hall–Kier alpha value is -1.74. The Morgan fingerprint density at radius 2 is 2.22 bits per heavy atom. The van der Waals surface area contributed by atoms with E-state index in [9.17, 15) is 4.79 Å². The minimum absolute atomic E-state index is 0.0249. The van der Waals surface area contributed by atoms with Crippen LogP contribution >= 0.6 is 0 Å². The summed E-state index contributed by atoms with van der Waals surface area (Å²) in [5.41, 5.74) is 7.58. The van der Waals surface area contributed by atoms with Crippen LogP contribution in [-0.2, 0) is 0 Å². The predicted molar refractivity (Wildman–Crippen MR) is 71.4 cm³/mol. The monoisotopic (exact) mass is 240 g/mol. The fraction of sp³-hybridized carbons (Fsp3) is 0.333. The van der Waals surface area contributed by atoms with Crippen molar-refractivity contribution in [1.29, 1.82) is 0 Å². The Morgan fingerprint density at radius 1 is 1.39 bits per heavy atom. The van der Waals surface area contributed by atoms with Crippen molar-refractivity contribution in [3.8, 4) is 0 Å². The molecule has 3 rings (SSSR count). The maximum absolute atomic E-state index is 12.1. The highest BCUT2D eigenvalue weighted by atomic mass is 16.1. The molecule has 1 aliphatic rings. The van der Waals surface area contributed by atoms with Crippen LogP contribution in [0.15, 0.2) is 36.5 Å². The van der Waals surface area contributed by atoms with Crippen molar-refractivity contribution in [3.05, 3.63) is 42.1 Å². The number of carbonyl (C=O) groups is 1. The summed E-state index contributed by atoms with van der Waals surface area (Å²) in [7, 11) is 0. The highest BCUT2D eigenvalue weighted by Gasteiger charge is 2.29. The van der Waals surface area contributed by atoms with Crippen LogP contribution in [0.4, 0.5) is 0 Å². The zero-order chi connectivity index (χ0) is 12.5.